The van der Waals surface area contributed by atoms with Crippen LogP contribution in [0.2, 0.25) is 0 Å². The van der Waals surface area contributed by atoms with Crippen molar-refractivity contribution in [3.8, 4) is 0 Å². The fourth-order valence-electron chi connectivity index (χ4n) is 2.71. The second kappa shape index (κ2) is 5.31. The molecule has 2 aromatic rings. The Morgan fingerprint density at radius 3 is 2.95 bits per heavy atom. The van der Waals surface area contributed by atoms with Crippen LogP contribution in [0.15, 0.2) is 41.4 Å². The third-order valence-electron chi connectivity index (χ3n) is 3.69. The van der Waals surface area contributed by atoms with Crippen molar-refractivity contribution in [3.63, 3.8) is 0 Å². The highest BCUT2D eigenvalue weighted by molar-refractivity contribution is 7.89. The molecule has 1 aromatic carbocycles. The second-order valence-corrected chi connectivity index (χ2v) is 7.06. The van der Waals surface area contributed by atoms with Crippen LogP contribution >= 0.6 is 11.6 Å². The number of hydrogen-bond donors (Lipinski definition) is 0. The zero-order valence-electron chi connectivity index (χ0n) is 10.9. The van der Waals surface area contributed by atoms with E-state index in [-0.39, 0.29) is 6.04 Å². The monoisotopic (exact) mass is 310 g/mol. The smallest absolute Gasteiger partial charge is 0.244 e. The average molecular weight is 311 g/mol. The van der Waals surface area contributed by atoms with Gasteiger partial charge in [0.05, 0.1) is 10.4 Å². The van der Waals surface area contributed by atoms with Crippen molar-refractivity contribution < 1.29 is 8.42 Å². The van der Waals surface area contributed by atoms with Gasteiger partial charge in [0.1, 0.15) is 0 Å². The minimum atomic E-state index is -3.52. The van der Waals surface area contributed by atoms with E-state index in [1.807, 2.05) is 6.07 Å². The van der Waals surface area contributed by atoms with E-state index >= 15 is 0 Å². The molecule has 0 spiro atoms. The van der Waals surface area contributed by atoms with E-state index in [1.54, 1.807) is 30.5 Å². The molecule has 20 heavy (non-hydrogen) atoms. The molecule has 0 aliphatic carbocycles. The minimum Gasteiger partial charge on any atom is -0.256 e. The maximum Gasteiger partial charge on any atom is 0.244 e. The third-order valence-corrected chi connectivity index (χ3v) is 6.06. The second-order valence-electron chi connectivity index (χ2n) is 4.89. The Kier molecular flexibility index (Phi) is 3.67. The van der Waals surface area contributed by atoms with Gasteiger partial charge in [-0.25, -0.2) is 8.42 Å². The van der Waals surface area contributed by atoms with Crippen molar-refractivity contribution in [2.75, 3.05) is 12.4 Å². The number of rotatable bonds is 3. The van der Waals surface area contributed by atoms with Gasteiger partial charge in [-0.1, -0.05) is 6.07 Å². The Morgan fingerprint density at radius 1 is 1.30 bits per heavy atom. The van der Waals surface area contributed by atoms with Crippen LogP contribution in [0.4, 0.5) is 0 Å². The highest BCUT2D eigenvalue weighted by Gasteiger charge is 2.35. The Balaban J connectivity index is 2.14. The predicted octanol–water partition coefficient (Wildman–Crippen LogP) is 2.63. The first-order valence-electron chi connectivity index (χ1n) is 6.56. The van der Waals surface area contributed by atoms with Crippen LogP contribution in [0, 0.1) is 0 Å². The van der Waals surface area contributed by atoms with Gasteiger partial charge >= 0.3 is 0 Å². The molecule has 0 amide bonds. The lowest BCUT2D eigenvalue weighted by atomic mass is 10.2. The first-order valence-corrected chi connectivity index (χ1v) is 8.53. The molecular formula is C14H15ClN2O2S. The summed E-state index contributed by atoms with van der Waals surface area (Å²) in [6.45, 7) is 0.538. The van der Waals surface area contributed by atoms with Crippen molar-refractivity contribution in [1.82, 2.24) is 9.29 Å². The number of sulfonamides is 1. The summed E-state index contributed by atoms with van der Waals surface area (Å²) in [6, 6.07) is 8.63. The van der Waals surface area contributed by atoms with Gasteiger partial charge in [-0.3, -0.25) is 4.98 Å². The first-order chi connectivity index (χ1) is 9.64. The summed E-state index contributed by atoms with van der Waals surface area (Å²) in [6.07, 6.45) is 3.35. The minimum absolute atomic E-state index is 0.103. The van der Waals surface area contributed by atoms with E-state index in [0.717, 1.165) is 12.8 Å². The Hall–Kier alpha value is -1.17. The molecule has 0 radical (unpaired) electrons. The summed E-state index contributed by atoms with van der Waals surface area (Å²) in [7, 11) is -3.52. The molecule has 1 aliphatic heterocycles. The number of benzene rings is 1. The standard InChI is InChI=1S/C14H15ClN2O2S/c15-10-11-4-3-9-17(11)20(18,19)14-7-1-6-13-12(14)5-2-8-16-13/h1-2,5-8,11H,3-4,9-10H2. The van der Waals surface area contributed by atoms with Crippen LogP contribution < -0.4 is 0 Å². The van der Waals surface area contributed by atoms with Crippen LogP contribution in [0.5, 0.6) is 0 Å². The highest BCUT2D eigenvalue weighted by atomic mass is 35.5. The molecule has 6 heteroatoms. The predicted molar refractivity (Wildman–Crippen MR) is 79.4 cm³/mol. The quantitative estimate of drug-likeness (QED) is 0.819. The fraction of sp³-hybridized carbons (Fsp3) is 0.357. The van der Waals surface area contributed by atoms with Gasteiger partial charge in [-0.2, -0.15) is 4.31 Å². The van der Waals surface area contributed by atoms with Gasteiger partial charge in [0.2, 0.25) is 10.0 Å². The van der Waals surface area contributed by atoms with E-state index in [0.29, 0.717) is 28.2 Å². The lowest BCUT2D eigenvalue weighted by Crippen LogP contribution is -2.36. The van der Waals surface area contributed by atoms with Crippen LogP contribution in [0.3, 0.4) is 0 Å². The van der Waals surface area contributed by atoms with Gasteiger partial charge < -0.3 is 0 Å². The topological polar surface area (TPSA) is 50.3 Å². The van der Waals surface area contributed by atoms with Gasteiger partial charge in [0.25, 0.3) is 0 Å². The van der Waals surface area contributed by atoms with Gasteiger partial charge in [-0.15, -0.1) is 11.6 Å². The summed E-state index contributed by atoms with van der Waals surface area (Å²) in [4.78, 5) is 4.53. The first kappa shape index (κ1) is 13.8. The Morgan fingerprint density at radius 2 is 2.15 bits per heavy atom. The van der Waals surface area contributed by atoms with Crippen LogP contribution in [-0.2, 0) is 10.0 Å². The van der Waals surface area contributed by atoms with E-state index in [9.17, 15) is 8.42 Å². The van der Waals surface area contributed by atoms with Gasteiger partial charge in [-0.05, 0) is 37.1 Å². The van der Waals surface area contributed by atoms with Crippen LogP contribution in [0.25, 0.3) is 10.9 Å². The molecule has 1 fully saturated rings. The van der Waals surface area contributed by atoms with E-state index in [4.69, 9.17) is 11.6 Å². The largest absolute Gasteiger partial charge is 0.256 e. The van der Waals surface area contributed by atoms with Crippen LogP contribution in [-0.4, -0.2) is 36.2 Å². The third kappa shape index (κ3) is 2.20. The molecule has 0 N–H and O–H groups in total. The molecule has 1 aliphatic rings. The normalized spacial score (nSPS) is 20.6. The summed E-state index contributed by atoms with van der Waals surface area (Å²) in [5, 5.41) is 0.662. The zero-order valence-corrected chi connectivity index (χ0v) is 12.4. The number of pyridine rings is 1. The van der Waals surface area contributed by atoms with E-state index < -0.39 is 10.0 Å². The molecule has 1 unspecified atom stereocenters. The molecule has 1 saturated heterocycles. The summed E-state index contributed by atoms with van der Waals surface area (Å²) in [5.41, 5.74) is 0.690. The summed E-state index contributed by atoms with van der Waals surface area (Å²) < 4.78 is 27.2. The number of hydrogen-bond acceptors (Lipinski definition) is 3. The highest BCUT2D eigenvalue weighted by Crippen LogP contribution is 2.30. The van der Waals surface area contributed by atoms with E-state index in [1.165, 1.54) is 4.31 Å². The van der Waals surface area contributed by atoms with Gasteiger partial charge in [0, 0.05) is 30.0 Å². The molecule has 0 saturated carbocycles. The zero-order chi connectivity index (χ0) is 14.2. The number of aromatic nitrogens is 1. The van der Waals surface area contributed by atoms with Crippen LogP contribution in [0.1, 0.15) is 12.8 Å². The molecular weight excluding hydrogens is 296 g/mol. The summed E-state index contributed by atoms with van der Waals surface area (Å²) in [5.74, 6) is 0.336. The number of alkyl halides is 1. The van der Waals surface area contributed by atoms with Crippen molar-refractivity contribution >= 4 is 32.5 Å². The number of halogens is 1. The van der Waals surface area contributed by atoms with Crippen molar-refractivity contribution in [1.29, 1.82) is 0 Å². The number of fused-ring (bicyclic) bond motifs is 1. The SMILES string of the molecule is O=S(=O)(c1cccc2ncccc12)N1CCCC1CCl. The number of nitrogens with zero attached hydrogens (tertiary/aromatic N) is 2. The lowest BCUT2D eigenvalue weighted by molar-refractivity contribution is 0.411. The molecule has 0 bridgehead atoms. The van der Waals surface area contributed by atoms with Crippen molar-refractivity contribution in [2.45, 2.75) is 23.8 Å². The average Bonchev–Trinajstić information content (AvgIpc) is 2.96. The van der Waals surface area contributed by atoms with Gasteiger partial charge in [0.15, 0.2) is 0 Å². The summed E-state index contributed by atoms with van der Waals surface area (Å²) >= 11 is 5.90. The molecule has 4 nitrogen and oxygen atoms in total. The molecule has 2 heterocycles. The van der Waals surface area contributed by atoms with E-state index in [2.05, 4.69) is 4.98 Å². The molecule has 1 aromatic heterocycles. The maximum absolute atomic E-state index is 12.9. The lowest BCUT2D eigenvalue weighted by Gasteiger charge is -2.23. The van der Waals surface area contributed by atoms with Crippen molar-refractivity contribution in [3.05, 3.63) is 36.5 Å². The van der Waals surface area contributed by atoms with Crippen molar-refractivity contribution in [2.24, 2.45) is 0 Å². The maximum atomic E-state index is 12.9. The Bertz CT molecular complexity index is 728. The molecule has 106 valence electrons. The Labute approximate surface area is 123 Å². The molecule has 1 atom stereocenters. The molecule has 3 rings (SSSR count). The fourth-order valence-corrected chi connectivity index (χ4v) is 5.00.